The molecule has 3 N–H and O–H groups in total. The molecule has 0 aliphatic heterocycles. The first-order valence-electron chi connectivity index (χ1n) is 5.48. The van der Waals surface area contributed by atoms with Crippen LogP contribution in [0.4, 0.5) is 0 Å². The van der Waals surface area contributed by atoms with Gasteiger partial charge >= 0.3 is 0 Å². The van der Waals surface area contributed by atoms with Crippen molar-refractivity contribution in [2.24, 2.45) is 17.6 Å². The molecule has 4 heteroatoms. The first-order chi connectivity index (χ1) is 7.13. The fourth-order valence-corrected chi connectivity index (χ4v) is 1.35. The fourth-order valence-electron chi connectivity index (χ4n) is 1.35. The van der Waals surface area contributed by atoms with E-state index in [1.54, 1.807) is 0 Å². The van der Waals surface area contributed by atoms with E-state index in [1.165, 1.54) is 0 Å². The van der Waals surface area contributed by atoms with Crippen LogP contribution in [0.15, 0.2) is 0 Å². The number of carbonyl (C=O) groups is 1. The predicted octanol–water partition coefficient (Wildman–Crippen LogP) is 1.03. The van der Waals surface area contributed by atoms with E-state index in [0.29, 0.717) is 19.5 Å². The smallest absolute Gasteiger partial charge is 0.224 e. The number of rotatable bonds is 7. The van der Waals surface area contributed by atoms with E-state index in [0.717, 1.165) is 12.8 Å². The van der Waals surface area contributed by atoms with Crippen LogP contribution in [0, 0.1) is 23.2 Å². The normalized spacial score (nSPS) is 12.2. The van der Waals surface area contributed by atoms with Crippen molar-refractivity contribution in [3.63, 3.8) is 0 Å². The summed E-state index contributed by atoms with van der Waals surface area (Å²) in [5, 5.41) is 11.2. The Morgan fingerprint density at radius 3 is 2.60 bits per heavy atom. The number of nitrogens with one attached hydrogen (secondary N) is 1. The highest BCUT2D eigenvalue weighted by molar-refractivity contribution is 5.79. The van der Waals surface area contributed by atoms with Crippen LogP contribution in [0.25, 0.3) is 0 Å². The van der Waals surface area contributed by atoms with E-state index in [4.69, 9.17) is 11.0 Å². The highest BCUT2D eigenvalue weighted by atomic mass is 16.1. The molecule has 0 spiro atoms. The van der Waals surface area contributed by atoms with E-state index < -0.39 is 0 Å². The third-order valence-corrected chi connectivity index (χ3v) is 2.41. The van der Waals surface area contributed by atoms with Gasteiger partial charge in [-0.2, -0.15) is 5.26 Å². The van der Waals surface area contributed by atoms with Crippen LogP contribution < -0.4 is 11.1 Å². The minimum absolute atomic E-state index is 0.0319. The van der Waals surface area contributed by atoms with Crippen LogP contribution in [0.2, 0.25) is 0 Å². The second kappa shape index (κ2) is 8.25. The van der Waals surface area contributed by atoms with E-state index in [1.807, 2.05) is 13.8 Å². The lowest BCUT2D eigenvalue weighted by Crippen LogP contribution is -2.38. The molecule has 0 saturated heterocycles. The van der Waals surface area contributed by atoms with Crippen molar-refractivity contribution in [1.29, 1.82) is 5.26 Å². The van der Waals surface area contributed by atoms with E-state index in [2.05, 4.69) is 11.4 Å². The third-order valence-electron chi connectivity index (χ3n) is 2.41. The van der Waals surface area contributed by atoms with E-state index >= 15 is 0 Å². The molecule has 0 aromatic rings. The van der Waals surface area contributed by atoms with Gasteiger partial charge in [-0.25, -0.2) is 0 Å². The zero-order valence-electron chi connectivity index (χ0n) is 9.62. The summed E-state index contributed by atoms with van der Waals surface area (Å²) in [6, 6.07) is 2.08. The highest BCUT2D eigenvalue weighted by Gasteiger charge is 2.19. The maximum Gasteiger partial charge on any atom is 0.224 e. The number of amides is 1. The minimum atomic E-state index is -0.0963. The Morgan fingerprint density at radius 1 is 1.47 bits per heavy atom. The lowest BCUT2D eigenvalue weighted by atomic mass is 9.95. The van der Waals surface area contributed by atoms with Crippen molar-refractivity contribution in [3.05, 3.63) is 0 Å². The molecule has 0 heterocycles. The van der Waals surface area contributed by atoms with Crippen LogP contribution >= 0.6 is 0 Å². The van der Waals surface area contributed by atoms with Crippen molar-refractivity contribution in [2.45, 2.75) is 33.1 Å². The molecule has 0 saturated carbocycles. The Morgan fingerprint density at radius 2 is 2.13 bits per heavy atom. The summed E-state index contributed by atoms with van der Waals surface area (Å²) < 4.78 is 0. The van der Waals surface area contributed by atoms with Gasteiger partial charge < -0.3 is 11.1 Å². The van der Waals surface area contributed by atoms with Crippen LogP contribution in [0.5, 0.6) is 0 Å². The van der Waals surface area contributed by atoms with Crippen LogP contribution in [0.3, 0.4) is 0 Å². The summed E-state index contributed by atoms with van der Waals surface area (Å²) in [6.07, 6.45) is 2.25. The number of nitriles is 1. The number of hydrogen-bond acceptors (Lipinski definition) is 3. The molecule has 0 radical (unpaired) electrons. The van der Waals surface area contributed by atoms with Crippen molar-refractivity contribution < 1.29 is 4.79 Å². The van der Waals surface area contributed by atoms with Gasteiger partial charge in [0.1, 0.15) is 0 Å². The molecule has 1 unspecified atom stereocenters. The molecule has 0 fully saturated rings. The Labute approximate surface area is 91.8 Å². The summed E-state index contributed by atoms with van der Waals surface area (Å²) in [4.78, 5) is 11.6. The molecule has 86 valence electrons. The lowest BCUT2D eigenvalue weighted by Gasteiger charge is -2.17. The molecular weight excluding hydrogens is 190 g/mol. The van der Waals surface area contributed by atoms with Crippen LogP contribution in [-0.2, 0) is 4.79 Å². The monoisotopic (exact) mass is 211 g/mol. The number of hydrogen-bond donors (Lipinski definition) is 2. The summed E-state index contributed by atoms with van der Waals surface area (Å²) in [6.45, 7) is 5.02. The maximum absolute atomic E-state index is 11.6. The summed E-state index contributed by atoms with van der Waals surface area (Å²) in [7, 11) is 0. The second-order valence-corrected chi connectivity index (χ2v) is 3.99. The molecule has 0 bridgehead atoms. The van der Waals surface area contributed by atoms with Crippen LogP contribution in [0.1, 0.15) is 33.1 Å². The minimum Gasteiger partial charge on any atom is -0.356 e. The maximum atomic E-state index is 11.6. The molecule has 0 rings (SSSR count). The molecule has 1 amide bonds. The van der Waals surface area contributed by atoms with Crippen molar-refractivity contribution in [1.82, 2.24) is 5.32 Å². The Hall–Kier alpha value is -1.08. The standard InChI is InChI=1S/C11H21N3O/c1-9(2)10(8-13)11(15)14-7-5-3-4-6-12/h9-10H,3-5,7-8,13H2,1-2H3,(H,14,15). The molecule has 1 atom stereocenters. The quantitative estimate of drug-likeness (QED) is 0.617. The SMILES string of the molecule is CC(C)C(CN)C(=O)NCCCCC#N. The topological polar surface area (TPSA) is 78.9 Å². The average molecular weight is 211 g/mol. The van der Waals surface area contributed by atoms with Gasteiger partial charge in [0.2, 0.25) is 5.91 Å². The fraction of sp³-hybridized carbons (Fsp3) is 0.818. The first-order valence-corrected chi connectivity index (χ1v) is 5.48. The van der Waals surface area contributed by atoms with Gasteiger partial charge in [-0.05, 0) is 18.8 Å². The largest absolute Gasteiger partial charge is 0.356 e. The molecule has 0 aliphatic carbocycles. The molecule has 0 aromatic carbocycles. The molecule has 15 heavy (non-hydrogen) atoms. The van der Waals surface area contributed by atoms with Crippen LogP contribution in [-0.4, -0.2) is 19.0 Å². The van der Waals surface area contributed by atoms with Crippen molar-refractivity contribution in [3.8, 4) is 6.07 Å². The van der Waals surface area contributed by atoms with Gasteiger partial charge in [0.25, 0.3) is 0 Å². The molecule has 4 nitrogen and oxygen atoms in total. The average Bonchev–Trinajstić information content (AvgIpc) is 2.18. The lowest BCUT2D eigenvalue weighted by molar-refractivity contribution is -0.125. The number of unbranched alkanes of at least 4 members (excludes halogenated alkanes) is 2. The number of nitrogens with two attached hydrogens (primary N) is 1. The molecule has 0 aromatic heterocycles. The second-order valence-electron chi connectivity index (χ2n) is 3.99. The number of carbonyl (C=O) groups excluding carboxylic acids is 1. The zero-order chi connectivity index (χ0) is 11.7. The summed E-state index contributed by atoms with van der Waals surface area (Å²) in [5.74, 6) is 0.208. The predicted molar refractivity (Wildman–Crippen MR) is 59.9 cm³/mol. The Bertz CT molecular complexity index is 220. The third kappa shape index (κ3) is 6.08. The molecule has 0 aliphatic rings. The number of nitrogens with zero attached hydrogens (tertiary/aromatic N) is 1. The van der Waals surface area contributed by atoms with Crippen molar-refractivity contribution >= 4 is 5.91 Å². The first kappa shape index (κ1) is 13.9. The van der Waals surface area contributed by atoms with Gasteiger partial charge in [0, 0.05) is 19.5 Å². The highest BCUT2D eigenvalue weighted by Crippen LogP contribution is 2.08. The van der Waals surface area contributed by atoms with Gasteiger partial charge in [0.05, 0.1) is 12.0 Å². The summed E-state index contributed by atoms with van der Waals surface area (Å²) >= 11 is 0. The van der Waals surface area contributed by atoms with Gasteiger partial charge in [-0.1, -0.05) is 13.8 Å². The van der Waals surface area contributed by atoms with Gasteiger partial charge in [-0.3, -0.25) is 4.79 Å². The van der Waals surface area contributed by atoms with E-state index in [9.17, 15) is 4.79 Å². The van der Waals surface area contributed by atoms with E-state index in [-0.39, 0.29) is 17.7 Å². The molecular formula is C11H21N3O. The Balaban J connectivity index is 3.68. The van der Waals surface area contributed by atoms with Gasteiger partial charge in [0.15, 0.2) is 0 Å². The summed E-state index contributed by atoms with van der Waals surface area (Å²) in [5.41, 5.74) is 5.52. The Kier molecular flexibility index (Phi) is 7.65. The zero-order valence-corrected chi connectivity index (χ0v) is 9.62. The van der Waals surface area contributed by atoms with Crippen molar-refractivity contribution in [2.75, 3.05) is 13.1 Å². The van der Waals surface area contributed by atoms with Gasteiger partial charge in [-0.15, -0.1) is 0 Å².